The molecule has 0 atom stereocenters. The Morgan fingerprint density at radius 1 is 1.25 bits per heavy atom. The maximum atomic E-state index is 13.5. The van der Waals surface area contributed by atoms with E-state index in [0.29, 0.717) is 19.0 Å². The molecule has 1 amide bonds. The van der Waals surface area contributed by atoms with Gasteiger partial charge in [-0.2, -0.15) is 0 Å². The molecule has 2 rings (SSSR count). The minimum atomic E-state index is -0.938. The van der Waals surface area contributed by atoms with E-state index in [-0.39, 0.29) is 11.3 Å². The largest absolute Gasteiger partial charge is 0.396 e. The lowest BCUT2D eigenvalue weighted by atomic mass is 10.1. The van der Waals surface area contributed by atoms with Crippen molar-refractivity contribution in [3.8, 4) is 0 Å². The third-order valence-electron chi connectivity index (χ3n) is 2.72. The van der Waals surface area contributed by atoms with Gasteiger partial charge in [0.15, 0.2) is 0 Å². The fourth-order valence-electron chi connectivity index (χ4n) is 1.69. The van der Waals surface area contributed by atoms with E-state index in [9.17, 15) is 13.6 Å². The van der Waals surface area contributed by atoms with Crippen molar-refractivity contribution in [2.24, 2.45) is 0 Å². The summed E-state index contributed by atoms with van der Waals surface area (Å²) in [6, 6.07) is 7.04. The van der Waals surface area contributed by atoms with Crippen LogP contribution in [-0.4, -0.2) is 17.4 Å². The van der Waals surface area contributed by atoms with Gasteiger partial charge in [0, 0.05) is 30.9 Å². The van der Waals surface area contributed by atoms with Crippen LogP contribution in [0.5, 0.6) is 0 Å². The minimum absolute atomic E-state index is 0.263. The third-order valence-corrected chi connectivity index (χ3v) is 2.72. The van der Waals surface area contributed by atoms with Gasteiger partial charge in [0.2, 0.25) is 0 Å². The predicted octanol–water partition coefficient (Wildman–Crippen LogP) is 1.91. The van der Waals surface area contributed by atoms with E-state index in [2.05, 4.69) is 10.3 Å². The zero-order valence-corrected chi connectivity index (χ0v) is 10.6. The topological polar surface area (TPSA) is 68.0 Å². The molecule has 0 aliphatic carbocycles. The molecule has 20 heavy (non-hydrogen) atoms. The number of carbonyl (C=O) groups excluding carboxylic acids is 1. The number of carbonyl (C=O) groups is 1. The Morgan fingerprint density at radius 3 is 2.75 bits per heavy atom. The van der Waals surface area contributed by atoms with Crippen LogP contribution < -0.4 is 11.1 Å². The predicted molar refractivity (Wildman–Crippen MR) is 71.0 cm³/mol. The van der Waals surface area contributed by atoms with Gasteiger partial charge in [-0.05, 0) is 18.2 Å². The summed E-state index contributed by atoms with van der Waals surface area (Å²) in [5, 5.41) is 2.54. The van der Waals surface area contributed by atoms with Gasteiger partial charge in [-0.3, -0.25) is 9.78 Å². The maximum Gasteiger partial charge on any atom is 0.254 e. The second-order valence-electron chi connectivity index (χ2n) is 4.18. The first-order valence-electron chi connectivity index (χ1n) is 6.00. The highest BCUT2D eigenvalue weighted by Gasteiger charge is 2.14. The average molecular weight is 277 g/mol. The molecule has 6 heteroatoms. The molecule has 0 saturated heterocycles. The lowest BCUT2D eigenvalue weighted by molar-refractivity contribution is 0.0950. The Hall–Kier alpha value is -2.50. The number of nitrogen functional groups attached to an aromatic ring is 1. The fourth-order valence-corrected chi connectivity index (χ4v) is 1.69. The second kappa shape index (κ2) is 6.10. The molecule has 0 radical (unpaired) electrons. The molecule has 0 fully saturated rings. The summed E-state index contributed by atoms with van der Waals surface area (Å²) >= 11 is 0. The number of hydrogen-bond acceptors (Lipinski definition) is 3. The van der Waals surface area contributed by atoms with Crippen molar-refractivity contribution in [1.82, 2.24) is 10.3 Å². The summed E-state index contributed by atoms with van der Waals surface area (Å²) in [6.45, 7) is 0.298. The van der Waals surface area contributed by atoms with E-state index in [0.717, 1.165) is 11.8 Å². The van der Waals surface area contributed by atoms with Gasteiger partial charge in [0.25, 0.3) is 5.91 Å². The monoisotopic (exact) mass is 277 g/mol. The molecule has 104 valence electrons. The number of rotatable bonds is 4. The summed E-state index contributed by atoms with van der Waals surface area (Å²) in [5.74, 6) is -2.45. The molecule has 1 aromatic heterocycles. The maximum absolute atomic E-state index is 13.5. The van der Waals surface area contributed by atoms with E-state index in [1.54, 1.807) is 12.3 Å². The first kappa shape index (κ1) is 13.9. The number of anilines is 1. The highest BCUT2D eigenvalue weighted by Crippen LogP contribution is 2.16. The van der Waals surface area contributed by atoms with Crippen molar-refractivity contribution >= 4 is 11.6 Å². The summed E-state index contributed by atoms with van der Waals surface area (Å²) in [5.41, 5.74) is 5.59. The highest BCUT2D eigenvalue weighted by atomic mass is 19.1. The van der Waals surface area contributed by atoms with Gasteiger partial charge in [0.1, 0.15) is 11.6 Å². The molecule has 0 aliphatic heterocycles. The van der Waals surface area contributed by atoms with Crippen molar-refractivity contribution in [2.75, 3.05) is 12.3 Å². The molecule has 3 N–H and O–H groups in total. The van der Waals surface area contributed by atoms with Crippen LogP contribution in [0.3, 0.4) is 0 Å². The number of nitrogens with one attached hydrogen (secondary N) is 1. The standard InChI is InChI=1S/C14H13F2N3O/c15-11-8-12(16)13(17)7-10(11)14(20)19-6-4-9-3-1-2-5-18-9/h1-3,5,7-8H,4,6,17H2,(H,19,20). The number of amides is 1. The van der Waals surface area contributed by atoms with Crippen LogP contribution >= 0.6 is 0 Å². The SMILES string of the molecule is Nc1cc(C(=O)NCCc2ccccn2)c(F)cc1F. The molecule has 1 heterocycles. The normalized spacial score (nSPS) is 10.3. The molecule has 0 spiro atoms. The Balaban J connectivity index is 1.97. The number of nitrogens with zero attached hydrogens (tertiary/aromatic N) is 1. The van der Waals surface area contributed by atoms with Gasteiger partial charge < -0.3 is 11.1 Å². The lowest BCUT2D eigenvalue weighted by Crippen LogP contribution is -2.27. The first-order chi connectivity index (χ1) is 9.58. The molecule has 0 aliphatic rings. The van der Waals surface area contributed by atoms with Crippen LogP contribution in [0.1, 0.15) is 16.1 Å². The highest BCUT2D eigenvalue weighted by molar-refractivity contribution is 5.95. The van der Waals surface area contributed by atoms with Gasteiger partial charge >= 0.3 is 0 Å². The van der Waals surface area contributed by atoms with Crippen molar-refractivity contribution in [3.63, 3.8) is 0 Å². The summed E-state index contributed by atoms with van der Waals surface area (Å²) < 4.78 is 26.5. The Morgan fingerprint density at radius 2 is 2.05 bits per heavy atom. The van der Waals surface area contributed by atoms with Crippen molar-refractivity contribution < 1.29 is 13.6 Å². The Labute approximate surface area is 114 Å². The zero-order valence-electron chi connectivity index (χ0n) is 10.6. The smallest absolute Gasteiger partial charge is 0.254 e. The Kier molecular flexibility index (Phi) is 4.24. The van der Waals surface area contributed by atoms with Crippen LogP contribution in [0.2, 0.25) is 0 Å². The quantitative estimate of drug-likeness (QED) is 0.839. The van der Waals surface area contributed by atoms with Crippen molar-refractivity contribution in [1.29, 1.82) is 0 Å². The van der Waals surface area contributed by atoms with E-state index in [1.165, 1.54) is 0 Å². The molecule has 0 unspecified atom stereocenters. The second-order valence-corrected chi connectivity index (χ2v) is 4.18. The number of hydrogen-bond donors (Lipinski definition) is 2. The van der Waals surface area contributed by atoms with Gasteiger partial charge in [-0.25, -0.2) is 8.78 Å². The van der Waals surface area contributed by atoms with Crippen LogP contribution in [-0.2, 0) is 6.42 Å². The molecular weight excluding hydrogens is 264 g/mol. The number of nitrogens with two attached hydrogens (primary N) is 1. The average Bonchev–Trinajstić information content (AvgIpc) is 2.44. The first-order valence-corrected chi connectivity index (χ1v) is 6.00. The van der Waals surface area contributed by atoms with E-state index >= 15 is 0 Å². The molecule has 0 bridgehead atoms. The number of aromatic nitrogens is 1. The third kappa shape index (κ3) is 3.28. The minimum Gasteiger partial charge on any atom is -0.396 e. The van der Waals surface area contributed by atoms with E-state index in [1.807, 2.05) is 12.1 Å². The lowest BCUT2D eigenvalue weighted by Gasteiger charge is -2.07. The molecule has 2 aromatic rings. The molecule has 0 saturated carbocycles. The van der Waals surface area contributed by atoms with Gasteiger partial charge in [-0.1, -0.05) is 6.07 Å². The molecular formula is C14H13F2N3O. The zero-order chi connectivity index (χ0) is 14.5. The Bertz CT molecular complexity index is 617. The summed E-state index contributed by atoms with van der Waals surface area (Å²) in [4.78, 5) is 15.9. The van der Waals surface area contributed by atoms with Crippen LogP contribution in [0, 0.1) is 11.6 Å². The van der Waals surface area contributed by atoms with Crippen molar-refractivity contribution in [3.05, 3.63) is 59.4 Å². The number of pyridine rings is 1. The van der Waals surface area contributed by atoms with Crippen LogP contribution in [0.4, 0.5) is 14.5 Å². The summed E-state index contributed by atoms with van der Waals surface area (Å²) in [7, 11) is 0. The van der Waals surface area contributed by atoms with E-state index in [4.69, 9.17) is 5.73 Å². The summed E-state index contributed by atoms with van der Waals surface area (Å²) in [6.07, 6.45) is 2.17. The van der Waals surface area contributed by atoms with Gasteiger partial charge in [-0.15, -0.1) is 0 Å². The van der Waals surface area contributed by atoms with E-state index < -0.39 is 17.5 Å². The van der Waals surface area contributed by atoms with Crippen LogP contribution in [0.15, 0.2) is 36.5 Å². The fraction of sp³-hybridized carbons (Fsp3) is 0.143. The van der Waals surface area contributed by atoms with Crippen LogP contribution in [0.25, 0.3) is 0 Å². The molecule has 4 nitrogen and oxygen atoms in total. The number of halogens is 2. The number of benzene rings is 1. The van der Waals surface area contributed by atoms with Crippen molar-refractivity contribution in [2.45, 2.75) is 6.42 Å². The molecule has 1 aromatic carbocycles. The van der Waals surface area contributed by atoms with Gasteiger partial charge in [0.05, 0.1) is 11.3 Å².